The van der Waals surface area contributed by atoms with E-state index in [2.05, 4.69) is 6.92 Å². The summed E-state index contributed by atoms with van der Waals surface area (Å²) in [5, 5.41) is 0. The number of anilines is 1. The SMILES string of the molecule is CCCCCCCS(=O)(=O)c1cc(F)ccc1N. The zero-order valence-electron chi connectivity index (χ0n) is 10.7. The summed E-state index contributed by atoms with van der Waals surface area (Å²) in [6.07, 6.45) is 4.73. The van der Waals surface area contributed by atoms with Crippen molar-refractivity contribution < 1.29 is 12.8 Å². The Morgan fingerprint density at radius 2 is 1.83 bits per heavy atom. The van der Waals surface area contributed by atoms with Crippen molar-refractivity contribution in [1.29, 1.82) is 0 Å². The molecule has 102 valence electrons. The van der Waals surface area contributed by atoms with Crippen LogP contribution >= 0.6 is 0 Å². The lowest BCUT2D eigenvalue weighted by Gasteiger charge is -2.07. The molecule has 1 aromatic rings. The lowest BCUT2D eigenvalue weighted by atomic mass is 10.2. The van der Waals surface area contributed by atoms with Gasteiger partial charge in [0.15, 0.2) is 9.84 Å². The Hall–Kier alpha value is -1.10. The van der Waals surface area contributed by atoms with E-state index in [9.17, 15) is 12.8 Å². The Morgan fingerprint density at radius 3 is 2.50 bits per heavy atom. The Labute approximate surface area is 108 Å². The first-order chi connectivity index (χ1) is 8.47. The summed E-state index contributed by atoms with van der Waals surface area (Å²) in [6, 6.07) is 3.45. The van der Waals surface area contributed by atoms with Gasteiger partial charge in [-0.2, -0.15) is 0 Å². The minimum atomic E-state index is -3.47. The molecule has 0 heterocycles. The minimum absolute atomic E-state index is 0.0321. The van der Waals surface area contributed by atoms with E-state index in [1.165, 1.54) is 6.07 Å². The second-order valence-corrected chi connectivity index (χ2v) is 6.49. The molecule has 5 heteroatoms. The quantitative estimate of drug-likeness (QED) is 0.613. The molecule has 0 unspecified atom stereocenters. The number of unbranched alkanes of at least 4 members (excludes halogenated alkanes) is 4. The number of hydrogen-bond acceptors (Lipinski definition) is 3. The van der Waals surface area contributed by atoms with Gasteiger partial charge in [-0.1, -0.05) is 32.6 Å². The molecule has 1 aromatic carbocycles. The molecule has 0 aromatic heterocycles. The Morgan fingerprint density at radius 1 is 1.17 bits per heavy atom. The standard InChI is InChI=1S/C13H20FNO2S/c1-2-3-4-5-6-9-18(16,17)13-10-11(14)7-8-12(13)15/h7-8,10H,2-6,9,15H2,1H3. The molecule has 0 saturated carbocycles. The third-order valence-corrected chi connectivity index (χ3v) is 4.68. The number of nitrogen functional groups attached to an aromatic ring is 1. The largest absolute Gasteiger partial charge is 0.398 e. The predicted octanol–water partition coefficient (Wildman–Crippen LogP) is 3.15. The third-order valence-electron chi connectivity index (χ3n) is 2.83. The van der Waals surface area contributed by atoms with Gasteiger partial charge in [-0.3, -0.25) is 0 Å². The van der Waals surface area contributed by atoms with Crippen LogP contribution in [0.15, 0.2) is 23.1 Å². The number of nitrogens with two attached hydrogens (primary N) is 1. The van der Waals surface area contributed by atoms with Gasteiger partial charge in [0.1, 0.15) is 5.82 Å². The molecule has 0 aliphatic carbocycles. The van der Waals surface area contributed by atoms with Crippen molar-refractivity contribution in [3.63, 3.8) is 0 Å². The molecule has 2 N–H and O–H groups in total. The third kappa shape index (κ3) is 4.29. The average molecular weight is 273 g/mol. The van der Waals surface area contributed by atoms with E-state index in [0.717, 1.165) is 37.8 Å². The van der Waals surface area contributed by atoms with E-state index < -0.39 is 15.7 Å². The summed E-state index contributed by atoms with van der Waals surface area (Å²) in [5.74, 6) is -0.543. The lowest BCUT2D eigenvalue weighted by molar-refractivity contribution is 0.583. The van der Waals surface area contributed by atoms with Crippen molar-refractivity contribution in [2.24, 2.45) is 0 Å². The van der Waals surface area contributed by atoms with Crippen LogP contribution in [0.2, 0.25) is 0 Å². The summed E-state index contributed by atoms with van der Waals surface area (Å²) in [4.78, 5) is -0.0852. The number of halogens is 1. The zero-order valence-corrected chi connectivity index (χ0v) is 11.5. The monoisotopic (exact) mass is 273 g/mol. The molecular formula is C13H20FNO2S. The van der Waals surface area contributed by atoms with E-state index in [1.54, 1.807) is 0 Å². The van der Waals surface area contributed by atoms with Crippen molar-refractivity contribution in [3.05, 3.63) is 24.0 Å². The topological polar surface area (TPSA) is 60.2 Å². The smallest absolute Gasteiger partial charge is 0.180 e. The van der Waals surface area contributed by atoms with Gasteiger partial charge in [-0.15, -0.1) is 0 Å². The highest BCUT2D eigenvalue weighted by Gasteiger charge is 2.17. The zero-order chi connectivity index (χ0) is 13.6. The summed E-state index contributed by atoms with van der Waals surface area (Å²) < 4.78 is 37.0. The maximum Gasteiger partial charge on any atom is 0.180 e. The van der Waals surface area contributed by atoms with Crippen LogP contribution in [-0.4, -0.2) is 14.2 Å². The van der Waals surface area contributed by atoms with Crippen LogP contribution in [0.25, 0.3) is 0 Å². The number of sulfone groups is 1. The lowest BCUT2D eigenvalue weighted by Crippen LogP contribution is -2.10. The van der Waals surface area contributed by atoms with Crippen molar-refractivity contribution in [2.75, 3.05) is 11.5 Å². The molecule has 0 bridgehead atoms. The van der Waals surface area contributed by atoms with E-state index in [-0.39, 0.29) is 16.3 Å². The molecule has 0 aliphatic heterocycles. The van der Waals surface area contributed by atoms with Gasteiger partial charge < -0.3 is 5.73 Å². The van der Waals surface area contributed by atoms with Gasteiger partial charge in [0.25, 0.3) is 0 Å². The van der Waals surface area contributed by atoms with Crippen molar-refractivity contribution in [2.45, 2.75) is 43.9 Å². The average Bonchev–Trinajstić information content (AvgIpc) is 2.32. The van der Waals surface area contributed by atoms with E-state index in [0.29, 0.717) is 6.42 Å². The van der Waals surface area contributed by atoms with E-state index >= 15 is 0 Å². The molecule has 0 aliphatic rings. The molecular weight excluding hydrogens is 253 g/mol. The first-order valence-corrected chi connectivity index (χ1v) is 7.90. The fraction of sp³-hybridized carbons (Fsp3) is 0.538. The van der Waals surface area contributed by atoms with Crippen LogP contribution in [0.1, 0.15) is 39.0 Å². The van der Waals surface area contributed by atoms with Crippen LogP contribution in [0.5, 0.6) is 0 Å². The highest BCUT2D eigenvalue weighted by Crippen LogP contribution is 2.21. The van der Waals surface area contributed by atoms with E-state index in [4.69, 9.17) is 5.73 Å². The maximum atomic E-state index is 13.0. The van der Waals surface area contributed by atoms with Gasteiger partial charge in [-0.05, 0) is 24.6 Å². The predicted molar refractivity (Wildman–Crippen MR) is 71.6 cm³/mol. The fourth-order valence-corrected chi connectivity index (χ4v) is 3.31. The molecule has 0 fully saturated rings. The van der Waals surface area contributed by atoms with Crippen LogP contribution in [0.3, 0.4) is 0 Å². The van der Waals surface area contributed by atoms with Crippen LogP contribution in [-0.2, 0) is 9.84 Å². The molecule has 0 radical (unpaired) electrons. The van der Waals surface area contributed by atoms with Gasteiger partial charge in [0, 0.05) is 0 Å². The number of rotatable bonds is 7. The molecule has 0 spiro atoms. The number of benzene rings is 1. The molecule has 3 nitrogen and oxygen atoms in total. The van der Waals surface area contributed by atoms with E-state index in [1.807, 2.05) is 0 Å². The summed E-state index contributed by atoms with van der Waals surface area (Å²) in [5.41, 5.74) is 5.70. The minimum Gasteiger partial charge on any atom is -0.398 e. The van der Waals surface area contributed by atoms with Crippen LogP contribution in [0, 0.1) is 5.82 Å². The van der Waals surface area contributed by atoms with Crippen LogP contribution in [0.4, 0.5) is 10.1 Å². The van der Waals surface area contributed by atoms with Gasteiger partial charge in [0.2, 0.25) is 0 Å². The van der Waals surface area contributed by atoms with Gasteiger partial charge in [0.05, 0.1) is 16.3 Å². The second kappa shape index (κ2) is 6.73. The molecule has 0 atom stereocenters. The highest BCUT2D eigenvalue weighted by atomic mass is 32.2. The normalized spacial score (nSPS) is 11.7. The Kier molecular flexibility index (Phi) is 5.59. The van der Waals surface area contributed by atoms with Gasteiger partial charge >= 0.3 is 0 Å². The fourth-order valence-electron chi connectivity index (χ4n) is 1.78. The Balaban J connectivity index is 2.66. The van der Waals surface area contributed by atoms with Crippen molar-refractivity contribution in [1.82, 2.24) is 0 Å². The molecule has 0 amide bonds. The number of hydrogen-bond donors (Lipinski definition) is 1. The van der Waals surface area contributed by atoms with Crippen LogP contribution < -0.4 is 5.73 Å². The maximum absolute atomic E-state index is 13.0. The van der Waals surface area contributed by atoms with Crippen molar-refractivity contribution in [3.8, 4) is 0 Å². The summed E-state index contributed by atoms with van der Waals surface area (Å²) in [6.45, 7) is 2.10. The van der Waals surface area contributed by atoms with Crippen molar-refractivity contribution >= 4 is 15.5 Å². The second-order valence-electron chi connectivity index (χ2n) is 4.42. The summed E-state index contributed by atoms with van der Waals surface area (Å²) >= 11 is 0. The van der Waals surface area contributed by atoms with Gasteiger partial charge in [-0.25, -0.2) is 12.8 Å². The molecule has 1 rings (SSSR count). The molecule has 0 saturated heterocycles. The molecule has 18 heavy (non-hydrogen) atoms. The summed E-state index contributed by atoms with van der Waals surface area (Å²) in [7, 11) is -3.47. The first-order valence-electron chi connectivity index (χ1n) is 6.25. The Bertz CT molecular complexity index is 486. The first kappa shape index (κ1) is 15.0. The highest BCUT2D eigenvalue weighted by molar-refractivity contribution is 7.91.